The molecule has 0 N–H and O–H groups in total. The maximum absolute atomic E-state index is 7.76. The van der Waals surface area contributed by atoms with Crippen molar-refractivity contribution in [1.29, 1.82) is 0 Å². The van der Waals surface area contributed by atoms with E-state index in [4.69, 9.17) is 9.47 Å². The van der Waals surface area contributed by atoms with Crippen molar-refractivity contribution >= 4 is 66.7 Å². The Hall–Kier alpha value is -8.54. The van der Waals surface area contributed by atoms with Crippen molar-refractivity contribution in [2.45, 2.75) is 0 Å². The summed E-state index contributed by atoms with van der Waals surface area (Å²) in [5.41, 5.74) is 19.0. The quantitative estimate of drug-likeness (QED) is 0.162. The molecule has 0 fully saturated rings. The van der Waals surface area contributed by atoms with Gasteiger partial charge < -0.3 is 18.6 Å². The van der Waals surface area contributed by atoms with Gasteiger partial charge in [-0.05, 0) is 92.3 Å². The first-order valence-electron chi connectivity index (χ1n) is 22.4. The van der Waals surface area contributed by atoms with Crippen LogP contribution in [0.25, 0.3) is 99.5 Å². The Labute approximate surface area is 374 Å². The largest absolute Gasteiger partial charge is 0.456 e. The fraction of sp³-hybridized carbons (Fsp3) is 0. The molecule has 0 radical (unpaired) electrons. The lowest BCUT2D eigenvalue weighted by molar-refractivity contribution is 0.464. The van der Waals surface area contributed by atoms with Crippen molar-refractivity contribution in [1.82, 2.24) is 9.13 Å². The second kappa shape index (κ2) is 13.0. The Morgan fingerprint density at radius 3 is 1.14 bits per heavy atom. The highest BCUT2D eigenvalue weighted by Crippen LogP contribution is 2.54. The number of rotatable bonds is 2. The number of para-hydroxylation sites is 6. The van der Waals surface area contributed by atoms with Crippen LogP contribution < -0.4 is 25.9 Å². The molecular formula is C60H35BN2O2. The zero-order chi connectivity index (χ0) is 42.3. The fourth-order valence-corrected chi connectivity index (χ4v) is 11.6. The van der Waals surface area contributed by atoms with Gasteiger partial charge in [0.1, 0.15) is 23.0 Å². The Balaban J connectivity index is 1.09. The molecule has 0 bridgehead atoms. The summed E-state index contributed by atoms with van der Waals surface area (Å²) < 4.78 is 20.1. The smallest absolute Gasteiger partial charge is 0.260 e. The summed E-state index contributed by atoms with van der Waals surface area (Å²) in [5, 5.41) is 4.84. The topological polar surface area (TPSA) is 28.3 Å². The Bertz CT molecular complexity index is 3930. The van der Waals surface area contributed by atoms with Crippen LogP contribution in [0.15, 0.2) is 212 Å². The van der Waals surface area contributed by atoms with Crippen LogP contribution in [0.5, 0.6) is 23.0 Å². The van der Waals surface area contributed by atoms with E-state index in [1.54, 1.807) is 0 Å². The molecule has 5 heteroatoms. The lowest BCUT2D eigenvalue weighted by atomic mass is 9.34. The van der Waals surface area contributed by atoms with Crippen molar-refractivity contribution in [3.05, 3.63) is 212 Å². The van der Waals surface area contributed by atoms with Gasteiger partial charge in [0, 0.05) is 32.6 Å². The lowest BCUT2D eigenvalue weighted by Gasteiger charge is -2.37. The van der Waals surface area contributed by atoms with Crippen LogP contribution in [0, 0.1) is 0 Å². The van der Waals surface area contributed by atoms with Crippen molar-refractivity contribution < 1.29 is 9.47 Å². The third kappa shape index (κ3) is 4.66. The predicted molar refractivity (Wildman–Crippen MR) is 268 cm³/mol. The van der Waals surface area contributed by atoms with Gasteiger partial charge in [0.15, 0.2) is 0 Å². The van der Waals surface area contributed by atoms with Crippen LogP contribution in [-0.4, -0.2) is 15.8 Å². The molecule has 4 heterocycles. The number of hydrogen-bond donors (Lipinski definition) is 0. The van der Waals surface area contributed by atoms with Gasteiger partial charge in [-0.3, -0.25) is 0 Å². The molecule has 0 saturated heterocycles. The van der Waals surface area contributed by atoms with Gasteiger partial charge in [-0.2, -0.15) is 0 Å². The third-order valence-electron chi connectivity index (χ3n) is 14.2. The van der Waals surface area contributed by atoms with Crippen molar-refractivity contribution in [2.75, 3.05) is 0 Å². The molecule has 0 saturated carbocycles. The van der Waals surface area contributed by atoms with Crippen LogP contribution in [-0.2, 0) is 0 Å². The van der Waals surface area contributed by atoms with E-state index in [2.05, 4.69) is 221 Å². The molecule has 0 spiro atoms. The zero-order valence-corrected chi connectivity index (χ0v) is 35.0. The van der Waals surface area contributed by atoms with E-state index in [0.717, 1.165) is 95.1 Å². The number of fused-ring (bicyclic) bond motifs is 19. The van der Waals surface area contributed by atoms with Crippen LogP contribution >= 0.6 is 0 Å². The van der Waals surface area contributed by atoms with E-state index in [-0.39, 0.29) is 6.71 Å². The average Bonchev–Trinajstić information content (AvgIpc) is 3.88. The summed E-state index contributed by atoms with van der Waals surface area (Å²) in [6.07, 6.45) is 0. The minimum absolute atomic E-state index is 0.209. The number of aromatic nitrogens is 2. The fourth-order valence-electron chi connectivity index (χ4n) is 11.6. The van der Waals surface area contributed by atoms with Gasteiger partial charge in [0.25, 0.3) is 6.71 Å². The number of hydrogen-bond acceptors (Lipinski definition) is 2. The van der Waals surface area contributed by atoms with Crippen LogP contribution in [0.1, 0.15) is 0 Å². The molecule has 12 aromatic rings. The highest BCUT2D eigenvalue weighted by atomic mass is 16.5. The van der Waals surface area contributed by atoms with Gasteiger partial charge in [0.2, 0.25) is 0 Å². The van der Waals surface area contributed by atoms with Gasteiger partial charge in [-0.15, -0.1) is 0 Å². The summed E-state index contributed by atoms with van der Waals surface area (Å²) in [6.45, 7) is -0.209. The molecule has 0 atom stereocenters. The number of nitrogens with zero attached hydrogens (tertiary/aromatic N) is 2. The van der Waals surface area contributed by atoms with E-state index < -0.39 is 0 Å². The first-order valence-corrected chi connectivity index (χ1v) is 22.4. The maximum atomic E-state index is 7.76. The third-order valence-corrected chi connectivity index (χ3v) is 14.2. The van der Waals surface area contributed by atoms with Gasteiger partial charge in [0.05, 0.1) is 33.4 Å². The highest BCUT2D eigenvalue weighted by Gasteiger charge is 2.45. The molecule has 0 amide bonds. The molecular weight excluding hydrogens is 791 g/mol. The number of benzene rings is 10. The van der Waals surface area contributed by atoms with Crippen LogP contribution in [0.2, 0.25) is 0 Å². The van der Waals surface area contributed by atoms with E-state index >= 15 is 0 Å². The molecule has 65 heavy (non-hydrogen) atoms. The van der Waals surface area contributed by atoms with Crippen molar-refractivity contribution in [2.24, 2.45) is 0 Å². The standard InChI is InChI=1S/C60H35BN2O2/c1-2-18-37-36(17-1)38-19-3-4-21-40(38)46-35-55-57-60(56(46)45-26-6-5-20-39(37)45)65-59-48(28-16-34-54(59)63-51-31-13-9-24-43(51)44-25-10-14-32-52(44)63)61(57)47-27-15-33-53(58(47)64-55)62-49-29-11-7-22-41(49)42-23-8-12-30-50(42)62/h1-35H. The summed E-state index contributed by atoms with van der Waals surface area (Å²) in [4.78, 5) is 0. The van der Waals surface area contributed by atoms with Crippen LogP contribution in [0.4, 0.5) is 0 Å². The molecule has 1 aliphatic carbocycles. The molecule has 3 aliphatic rings. The molecule has 15 rings (SSSR count). The molecule has 0 unspecified atom stereocenters. The minimum atomic E-state index is -0.209. The Morgan fingerprint density at radius 2 is 0.677 bits per heavy atom. The SMILES string of the molecule is c1ccc2c(c1)-c1ccccc1-c1cc3c4c(c1-c1ccccc1-2)Oc1c(cccc1-n1c2ccccc2c2ccccc21)B4c1cccc(-n2c4ccccc4c4ccccc42)c1O3. The first-order chi connectivity index (χ1) is 32.3. The van der Waals surface area contributed by atoms with Crippen molar-refractivity contribution in [3.63, 3.8) is 0 Å². The van der Waals surface area contributed by atoms with E-state index in [9.17, 15) is 0 Å². The van der Waals surface area contributed by atoms with Gasteiger partial charge >= 0.3 is 0 Å². The van der Waals surface area contributed by atoms with E-state index in [1.165, 1.54) is 43.8 Å². The maximum Gasteiger partial charge on any atom is 0.260 e. The van der Waals surface area contributed by atoms with Crippen molar-refractivity contribution in [3.8, 4) is 78.9 Å². The predicted octanol–water partition coefficient (Wildman–Crippen LogP) is 13.6. The summed E-state index contributed by atoms with van der Waals surface area (Å²) >= 11 is 0. The number of ether oxygens (including phenoxy) is 2. The normalized spacial score (nSPS) is 12.8. The molecule has 2 aromatic heterocycles. The molecule has 2 aliphatic heterocycles. The summed E-state index contributed by atoms with van der Waals surface area (Å²) in [7, 11) is 0. The molecule has 4 nitrogen and oxygen atoms in total. The van der Waals surface area contributed by atoms with Gasteiger partial charge in [-0.1, -0.05) is 170 Å². The summed E-state index contributed by atoms with van der Waals surface area (Å²) in [6, 6.07) is 77.0. The lowest BCUT2D eigenvalue weighted by Crippen LogP contribution is -2.58. The van der Waals surface area contributed by atoms with E-state index in [1.807, 2.05) is 0 Å². The minimum Gasteiger partial charge on any atom is -0.456 e. The monoisotopic (exact) mass is 826 g/mol. The molecule has 10 aromatic carbocycles. The summed E-state index contributed by atoms with van der Waals surface area (Å²) in [5.74, 6) is 3.33. The van der Waals surface area contributed by atoms with Gasteiger partial charge in [-0.25, -0.2) is 0 Å². The Morgan fingerprint density at radius 1 is 0.308 bits per heavy atom. The second-order valence-electron chi connectivity index (χ2n) is 17.4. The zero-order valence-electron chi connectivity index (χ0n) is 35.0. The highest BCUT2D eigenvalue weighted by molar-refractivity contribution is 6.98. The second-order valence-corrected chi connectivity index (χ2v) is 17.4. The first kappa shape index (κ1) is 35.0. The molecule has 300 valence electrons. The average molecular weight is 827 g/mol. The van der Waals surface area contributed by atoms with E-state index in [0.29, 0.717) is 0 Å². The van der Waals surface area contributed by atoms with Crippen LogP contribution in [0.3, 0.4) is 0 Å². The Kier molecular flexibility index (Phi) is 7.00.